The maximum absolute atomic E-state index is 12.3. The lowest BCUT2D eigenvalue weighted by atomic mass is 9.91. The molecule has 1 aliphatic heterocycles. The predicted molar refractivity (Wildman–Crippen MR) is 107 cm³/mol. The number of carboxylic acid groups (broad SMARTS) is 1. The molecule has 2 aliphatic rings. The molecular weight excluding hydrogens is 362 g/mol. The molecule has 0 aromatic carbocycles. The molecule has 2 amide bonds. The van der Waals surface area contributed by atoms with Crippen LogP contribution in [-0.4, -0.2) is 83.7 Å². The number of carbonyl (C=O) groups is 3. The monoisotopic (exact) mass is 399 g/mol. The van der Waals surface area contributed by atoms with Crippen LogP contribution in [0.1, 0.15) is 64.2 Å². The minimum atomic E-state index is -0.697. The van der Waals surface area contributed by atoms with Gasteiger partial charge in [-0.05, 0) is 39.8 Å². The fourth-order valence-corrected chi connectivity index (χ4v) is 4.02. The van der Waals surface area contributed by atoms with E-state index in [9.17, 15) is 14.7 Å². The first-order valence-electron chi connectivity index (χ1n) is 10.3. The topological polar surface area (TPSA) is 110 Å². The number of piperidine rings is 1. The standard InChI is InChI=1S/C19H35N3O3.CH2O2/c1-21(2)15-19(25)11-13-22(14-12-19)18(24)10-9-17(23)20-16-7-5-3-4-6-8-16;2-1-3/h16,25H,3-15H2,1-2H3,(H,20,23);1H,(H,2,3). The minimum Gasteiger partial charge on any atom is -0.483 e. The highest BCUT2D eigenvalue weighted by Crippen LogP contribution is 2.23. The number of likely N-dealkylation sites (tertiary alicyclic amines) is 1. The van der Waals surface area contributed by atoms with Crippen LogP contribution in [0.5, 0.6) is 0 Å². The van der Waals surface area contributed by atoms with E-state index in [0.717, 1.165) is 12.8 Å². The van der Waals surface area contributed by atoms with Gasteiger partial charge in [-0.1, -0.05) is 25.7 Å². The largest absolute Gasteiger partial charge is 0.483 e. The summed E-state index contributed by atoms with van der Waals surface area (Å²) < 4.78 is 0. The molecule has 0 aromatic heterocycles. The van der Waals surface area contributed by atoms with Crippen molar-refractivity contribution < 1.29 is 24.6 Å². The molecule has 0 bridgehead atoms. The van der Waals surface area contributed by atoms with Crippen LogP contribution >= 0.6 is 0 Å². The van der Waals surface area contributed by atoms with Gasteiger partial charge in [-0.3, -0.25) is 14.4 Å². The highest BCUT2D eigenvalue weighted by Gasteiger charge is 2.34. The Bertz CT molecular complexity index is 482. The average molecular weight is 400 g/mol. The molecule has 162 valence electrons. The highest BCUT2D eigenvalue weighted by molar-refractivity contribution is 5.84. The summed E-state index contributed by atoms with van der Waals surface area (Å²) in [6, 6.07) is 0.293. The quantitative estimate of drug-likeness (QED) is 0.458. The number of carbonyl (C=O) groups excluding carboxylic acids is 2. The molecule has 1 aliphatic carbocycles. The van der Waals surface area contributed by atoms with Crippen LogP contribution < -0.4 is 5.32 Å². The molecule has 28 heavy (non-hydrogen) atoms. The van der Waals surface area contributed by atoms with Gasteiger partial charge in [0.15, 0.2) is 0 Å². The highest BCUT2D eigenvalue weighted by atomic mass is 16.3. The van der Waals surface area contributed by atoms with Crippen molar-refractivity contribution in [2.75, 3.05) is 33.7 Å². The molecule has 1 saturated heterocycles. The molecule has 0 aromatic rings. The van der Waals surface area contributed by atoms with Crippen LogP contribution in [-0.2, 0) is 14.4 Å². The van der Waals surface area contributed by atoms with Crippen LogP contribution in [0, 0.1) is 0 Å². The molecule has 2 rings (SSSR count). The van der Waals surface area contributed by atoms with Gasteiger partial charge in [0.2, 0.25) is 11.8 Å². The lowest BCUT2D eigenvalue weighted by Gasteiger charge is -2.39. The van der Waals surface area contributed by atoms with Crippen LogP contribution in [0.2, 0.25) is 0 Å². The zero-order valence-corrected chi connectivity index (χ0v) is 17.4. The Morgan fingerprint density at radius 1 is 1.11 bits per heavy atom. The van der Waals surface area contributed by atoms with Gasteiger partial charge in [-0.15, -0.1) is 0 Å². The second-order valence-corrected chi connectivity index (χ2v) is 8.20. The van der Waals surface area contributed by atoms with E-state index in [0.29, 0.717) is 38.5 Å². The van der Waals surface area contributed by atoms with Crippen molar-refractivity contribution >= 4 is 18.3 Å². The molecule has 0 atom stereocenters. The Kier molecular flexibility index (Phi) is 11.1. The maximum Gasteiger partial charge on any atom is 0.290 e. The van der Waals surface area contributed by atoms with Crippen molar-refractivity contribution in [3.8, 4) is 0 Å². The van der Waals surface area contributed by atoms with Gasteiger partial charge in [-0.25, -0.2) is 0 Å². The average Bonchev–Trinajstić information content (AvgIpc) is 2.88. The van der Waals surface area contributed by atoms with Crippen molar-refractivity contribution in [2.45, 2.75) is 75.9 Å². The first-order valence-corrected chi connectivity index (χ1v) is 10.3. The van der Waals surface area contributed by atoms with Crippen molar-refractivity contribution in [1.29, 1.82) is 0 Å². The van der Waals surface area contributed by atoms with Crippen molar-refractivity contribution in [3.05, 3.63) is 0 Å². The van der Waals surface area contributed by atoms with Gasteiger partial charge in [0.05, 0.1) is 5.60 Å². The summed E-state index contributed by atoms with van der Waals surface area (Å²) >= 11 is 0. The molecule has 0 unspecified atom stereocenters. The van der Waals surface area contributed by atoms with Crippen molar-refractivity contribution in [3.63, 3.8) is 0 Å². The summed E-state index contributed by atoms with van der Waals surface area (Å²) in [5, 5.41) is 20.5. The predicted octanol–water partition coefficient (Wildman–Crippen LogP) is 1.22. The number of aliphatic hydroxyl groups is 1. The van der Waals surface area contributed by atoms with E-state index >= 15 is 0 Å². The maximum atomic E-state index is 12.3. The SMILES string of the molecule is CN(C)CC1(O)CCN(C(=O)CCC(=O)NC2CCCCCC2)CC1.O=CO. The number of hydrogen-bond donors (Lipinski definition) is 3. The normalized spacial score (nSPS) is 19.9. The first-order chi connectivity index (χ1) is 13.3. The molecule has 0 spiro atoms. The van der Waals surface area contributed by atoms with Gasteiger partial charge in [0.25, 0.3) is 6.47 Å². The third-order valence-electron chi connectivity index (χ3n) is 5.44. The van der Waals surface area contributed by atoms with Crippen LogP contribution in [0.15, 0.2) is 0 Å². The smallest absolute Gasteiger partial charge is 0.290 e. The zero-order valence-electron chi connectivity index (χ0n) is 17.4. The van der Waals surface area contributed by atoms with Gasteiger partial charge >= 0.3 is 0 Å². The second-order valence-electron chi connectivity index (χ2n) is 8.20. The summed E-state index contributed by atoms with van der Waals surface area (Å²) in [7, 11) is 3.89. The summed E-state index contributed by atoms with van der Waals surface area (Å²) in [5.74, 6) is 0.0318. The van der Waals surface area contributed by atoms with E-state index in [1.807, 2.05) is 19.0 Å². The van der Waals surface area contributed by atoms with Crippen molar-refractivity contribution in [2.24, 2.45) is 0 Å². The van der Waals surface area contributed by atoms with Crippen LogP contribution in [0.4, 0.5) is 0 Å². The van der Waals surface area contributed by atoms with Gasteiger partial charge in [-0.2, -0.15) is 0 Å². The van der Waals surface area contributed by atoms with Gasteiger partial charge in [0, 0.05) is 38.5 Å². The Morgan fingerprint density at radius 2 is 1.64 bits per heavy atom. The van der Waals surface area contributed by atoms with E-state index in [4.69, 9.17) is 9.90 Å². The fourth-order valence-electron chi connectivity index (χ4n) is 4.02. The summed E-state index contributed by atoms with van der Waals surface area (Å²) in [6.45, 7) is 1.53. The molecule has 2 fully saturated rings. The van der Waals surface area contributed by atoms with Crippen LogP contribution in [0.3, 0.4) is 0 Å². The molecule has 8 nitrogen and oxygen atoms in total. The zero-order chi connectivity index (χ0) is 21.0. The van der Waals surface area contributed by atoms with Gasteiger partial charge in [0.1, 0.15) is 0 Å². The first kappa shape index (κ1) is 24.4. The number of nitrogens with zero attached hydrogens (tertiary/aromatic N) is 2. The third-order valence-corrected chi connectivity index (χ3v) is 5.44. The number of rotatable bonds is 6. The summed E-state index contributed by atoms with van der Waals surface area (Å²) in [6.07, 6.45) is 8.78. The fraction of sp³-hybridized carbons (Fsp3) is 0.850. The Hall–Kier alpha value is -1.67. The van der Waals surface area contributed by atoms with E-state index < -0.39 is 5.60 Å². The third kappa shape index (κ3) is 9.50. The van der Waals surface area contributed by atoms with Crippen LogP contribution in [0.25, 0.3) is 0 Å². The Morgan fingerprint density at radius 3 is 2.14 bits per heavy atom. The number of hydrogen-bond acceptors (Lipinski definition) is 5. The minimum absolute atomic E-state index is 0.00127. The van der Waals surface area contributed by atoms with Gasteiger partial charge < -0.3 is 25.3 Å². The molecule has 8 heteroatoms. The lowest BCUT2D eigenvalue weighted by molar-refractivity contribution is -0.137. The summed E-state index contributed by atoms with van der Waals surface area (Å²) in [4.78, 5) is 36.6. The second kappa shape index (κ2) is 12.7. The van der Waals surface area contributed by atoms with E-state index in [1.165, 1.54) is 25.7 Å². The number of amides is 2. The van der Waals surface area contributed by atoms with E-state index in [-0.39, 0.29) is 31.1 Å². The Balaban J connectivity index is 0.00000122. The van der Waals surface area contributed by atoms with E-state index in [2.05, 4.69) is 5.32 Å². The molecular formula is C20H37N3O5. The molecule has 1 saturated carbocycles. The van der Waals surface area contributed by atoms with E-state index in [1.54, 1.807) is 4.90 Å². The summed E-state index contributed by atoms with van der Waals surface area (Å²) in [5.41, 5.74) is -0.697. The molecule has 1 heterocycles. The lowest BCUT2D eigenvalue weighted by Crippen LogP contribution is -2.51. The molecule has 0 radical (unpaired) electrons. The number of likely N-dealkylation sites (N-methyl/N-ethyl adjacent to an activating group) is 1. The van der Waals surface area contributed by atoms with Crippen molar-refractivity contribution in [1.82, 2.24) is 15.1 Å². The Labute approximate surface area is 168 Å². The number of nitrogens with one attached hydrogen (secondary N) is 1. The molecule has 3 N–H and O–H groups in total.